The quantitative estimate of drug-likeness (QED) is 0.359. The fraction of sp³-hybridized carbons (Fsp3) is 0.500. The maximum absolute atomic E-state index is 10.6. The molecule has 7 heteroatoms. The zero-order valence-corrected chi connectivity index (χ0v) is 7.17. The Labute approximate surface area is 83.9 Å². The third-order valence-electron chi connectivity index (χ3n) is 1.46. The van der Waals surface area contributed by atoms with Crippen LogP contribution in [0.1, 0.15) is 0 Å². The molecular weight excluding hydrogens is 232 g/mol. The number of carbonyl (C=O) groups excluding carboxylic acids is 1. The summed E-state index contributed by atoms with van der Waals surface area (Å²) in [5, 5.41) is 36.8. The molecule has 0 aromatic heterocycles. The van der Waals surface area contributed by atoms with Crippen LogP contribution in [-0.4, -0.2) is 40.1 Å². The van der Waals surface area contributed by atoms with E-state index >= 15 is 0 Å². The number of esters is 1. The van der Waals surface area contributed by atoms with Gasteiger partial charge in [0.2, 0.25) is 0 Å². The summed E-state index contributed by atoms with van der Waals surface area (Å²) in [6.45, 7) is -0.699. The normalized spacial score (nSPS) is 23.8. The van der Waals surface area contributed by atoms with Gasteiger partial charge in [-0.3, -0.25) is 0 Å². The molecule has 13 heavy (non-hydrogen) atoms. The number of aliphatic hydroxyl groups is 3. The number of rotatable bonds is 2. The average molecular weight is 239 g/mol. The van der Waals surface area contributed by atoms with Gasteiger partial charge in [-0.05, 0) is 0 Å². The third-order valence-corrected chi connectivity index (χ3v) is 1.46. The Morgan fingerprint density at radius 1 is 1.62 bits per heavy atom. The van der Waals surface area contributed by atoms with E-state index in [0.29, 0.717) is 0 Å². The predicted molar refractivity (Wildman–Crippen MR) is 32.6 cm³/mol. The number of cyclic esters (lactones) is 1. The Bertz CT molecular complexity index is 237. The fourth-order valence-corrected chi connectivity index (χ4v) is 0.815. The molecule has 0 spiro atoms. The number of hydrogen-bond donors (Lipinski definition) is 3. The van der Waals surface area contributed by atoms with Crippen molar-refractivity contribution in [3.63, 3.8) is 0 Å². The van der Waals surface area contributed by atoms with E-state index in [0.717, 1.165) is 0 Å². The van der Waals surface area contributed by atoms with E-state index < -0.39 is 36.3 Å². The van der Waals surface area contributed by atoms with Crippen LogP contribution in [0.25, 0.3) is 0 Å². The van der Waals surface area contributed by atoms with Crippen molar-refractivity contribution in [1.82, 2.24) is 0 Å². The Balaban J connectivity index is 0.00000144. The van der Waals surface area contributed by atoms with Crippen LogP contribution in [0.2, 0.25) is 0 Å². The van der Waals surface area contributed by atoms with Crippen molar-refractivity contribution >= 4 is 5.97 Å². The van der Waals surface area contributed by atoms with Gasteiger partial charge in [0.1, 0.15) is 11.9 Å². The van der Waals surface area contributed by atoms with Gasteiger partial charge in [0.05, 0.1) is 6.61 Å². The van der Waals surface area contributed by atoms with Gasteiger partial charge >= 0.3 is 23.0 Å². The van der Waals surface area contributed by atoms with Crippen LogP contribution in [0, 0.1) is 0 Å². The van der Waals surface area contributed by atoms with Crippen molar-refractivity contribution in [1.29, 1.82) is 0 Å². The van der Waals surface area contributed by atoms with Crippen molar-refractivity contribution in [3.05, 3.63) is 11.5 Å². The predicted octanol–water partition coefficient (Wildman–Crippen LogP) is -2.61. The molecule has 0 bridgehead atoms. The largest absolute Gasteiger partial charge is 1.00 e. The molecule has 2 atom stereocenters. The number of aliphatic hydroxyl groups excluding tert-OH is 3. The molecule has 3 N–H and O–H groups in total. The minimum atomic E-state index is -1.46. The van der Waals surface area contributed by atoms with Crippen LogP contribution in [0.5, 0.6) is 0 Å². The summed E-state index contributed by atoms with van der Waals surface area (Å²) in [5.74, 6) is -3.25. The molecule has 0 radical (unpaired) electrons. The first kappa shape index (κ1) is 12.2. The fourth-order valence-electron chi connectivity index (χ4n) is 0.815. The number of hydrogen-bond acceptors (Lipinski definition) is 6. The average Bonchev–Trinajstić information content (AvgIpc) is 2.32. The molecule has 0 aromatic rings. The zero-order chi connectivity index (χ0) is 9.30. The molecule has 0 saturated carbocycles. The van der Waals surface area contributed by atoms with Gasteiger partial charge < -0.3 is 25.2 Å². The standard InChI is InChI=1S/C6H8O6.Cu/c7-1-2(8)5-3(9)4(10)6(11)12-5;/h2,5,7-10H,1H2;/q;+1/p-1/t2?,5-;/m1./s1. The summed E-state index contributed by atoms with van der Waals surface area (Å²) in [6.07, 6.45) is -2.88. The molecule has 1 aliphatic rings. The number of carbonyl (C=O) groups is 1. The van der Waals surface area contributed by atoms with Gasteiger partial charge in [-0.25, -0.2) is 4.79 Å². The van der Waals surface area contributed by atoms with Crippen molar-refractivity contribution < 1.29 is 47.0 Å². The monoisotopic (exact) mass is 238 g/mol. The van der Waals surface area contributed by atoms with Gasteiger partial charge in [-0.2, -0.15) is 0 Å². The first-order valence-electron chi connectivity index (χ1n) is 3.18. The molecular formula is C6H7CuO6. The topological polar surface area (TPSA) is 110 Å². The summed E-state index contributed by atoms with van der Waals surface area (Å²) in [6, 6.07) is 0. The van der Waals surface area contributed by atoms with Gasteiger partial charge in [0.25, 0.3) is 0 Å². The second-order valence-corrected chi connectivity index (χ2v) is 2.29. The Hall–Kier alpha value is -0.751. The van der Waals surface area contributed by atoms with Crippen molar-refractivity contribution in [2.45, 2.75) is 12.2 Å². The van der Waals surface area contributed by atoms with Crippen LogP contribution in [0.4, 0.5) is 0 Å². The molecule has 0 aliphatic carbocycles. The molecule has 0 amide bonds. The van der Waals surface area contributed by atoms with E-state index in [-0.39, 0.29) is 17.1 Å². The second kappa shape index (κ2) is 4.48. The van der Waals surface area contributed by atoms with E-state index in [1.807, 2.05) is 0 Å². The number of ether oxygens (including phenoxy) is 1. The molecule has 1 heterocycles. The minimum Gasteiger partial charge on any atom is -0.865 e. The third kappa shape index (κ3) is 2.13. The molecule has 0 aromatic carbocycles. The van der Waals surface area contributed by atoms with E-state index in [1.54, 1.807) is 0 Å². The molecule has 78 valence electrons. The molecule has 1 aliphatic heterocycles. The van der Waals surface area contributed by atoms with E-state index in [4.69, 9.17) is 15.3 Å². The SMILES string of the molecule is O=C1O[C@H](C(O)CO)C(O)=C1[O-].[Cu+]. The summed E-state index contributed by atoms with van der Waals surface area (Å²) in [7, 11) is 0. The summed E-state index contributed by atoms with van der Waals surface area (Å²) in [5.41, 5.74) is 0. The Kier molecular flexibility index (Phi) is 4.22. The van der Waals surface area contributed by atoms with Crippen LogP contribution in [0.15, 0.2) is 11.5 Å². The second-order valence-electron chi connectivity index (χ2n) is 2.29. The molecule has 6 nitrogen and oxygen atoms in total. The van der Waals surface area contributed by atoms with Gasteiger partial charge in [-0.1, -0.05) is 0 Å². The van der Waals surface area contributed by atoms with E-state index in [9.17, 15) is 9.90 Å². The van der Waals surface area contributed by atoms with Crippen molar-refractivity contribution in [2.24, 2.45) is 0 Å². The van der Waals surface area contributed by atoms with Crippen LogP contribution in [0.3, 0.4) is 0 Å². The molecule has 0 fully saturated rings. The van der Waals surface area contributed by atoms with Crippen molar-refractivity contribution in [2.75, 3.05) is 6.61 Å². The van der Waals surface area contributed by atoms with Gasteiger partial charge in [-0.15, -0.1) is 0 Å². The maximum Gasteiger partial charge on any atom is 1.00 e. The molecule has 1 rings (SSSR count). The summed E-state index contributed by atoms with van der Waals surface area (Å²) >= 11 is 0. The van der Waals surface area contributed by atoms with Crippen LogP contribution >= 0.6 is 0 Å². The Morgan fingerprint density at radius 2 is 2.15 bits per heavy atom. The molecule has 0 saturated heterocycles. The maximum atomic E-state index is 10.6. The Morgan fingerprint density at radius 3 is 2.46 bits per heavy atom. The van der Waals surface area contributed by atoms with Crippen molar-refractivity contribution in [3.8, 4) is 0 Å². The van der Waals surface area contributed by atoms with Crippen LogP contribution in [-0.2, 0) is 26.6 Å². The van der Waals surface area contributed by atoms with Gasteiger partial charge in [0, 0.05) is 5.76 Å². The first-order chi connectivity index (χ1) is 5.57. The first-order valence-corrected chi connectivity index (χ1v) is 3.18. The smallest absolute Gasteiger partial charge is 0.865 e. The van der Waals surface area contributed by atoms with E-state index in [2.05, 4.69) is 4.74 Å². The van der Waals surface area contributed by atoms with E-state index in [1.165, 1.54) is 0 Å². The zero-order valence-electron chi connectivity index (χ0n) is 6.23. The summed E-state index contributed by atoms with van der Waals surface area (Å²) in [4.78, 5) is 10.5. The molecule has 1 unspecified atom stereocenters. The van der Waals surface area contributed by atoms with Crippen LogP contribution < -0.4 is 5.11 Å². The minimum absolute atomic E-state index is 0. The summed E-state index contributed by atoms with van der Waals surface area (Å²) < 4.78 is 4.25. The van der Waals surface area contributed by atoms with Gasteiger partial charge in [0.15, 0.2) is 6.10 Å².